The van der Waals surface area contributed by atoms with Gasteiger partial charge < -0.3 is 20.3 Å². The molecule has 6 nitrogen and oxygen atoms in total. The fourth-order valence-corrected chi connectivity index (χ4v) is 12.4. The average Bonchev–Trinajstić information content (AvgIpc) is 3.60. The number of allylic oxidation sites excluding steroid dienone is 9. The van der Waals surface area contributed by atoms with E-state index in [9.17, 15) is 19.8 Å². The van der Waals surface area contributed by atoms with Crippen molar-refractivity contribution < 1.29 is 24.5 Å². The number of aliphatic hydroxyl groups is 2. The summed E-state index contributed by atoms with van der Waals surface area (Å²) in [6, 6.07) is -0.630. The van der Waals surface area contributed by atoms with Crippen LogP contribution in [0.15, 0.2) is 60.8 Å². The quantitative estimate of drug-likeness (QED) is 0.0320. The molecule has 0 saturated carbocycles. The third-order valence-corrected chi connectivity index (χ3v) is 18.5. The van der Waals surface area contributed by atoms with Gasteiger partial charge in [0.2, 0.25) is 5.91 Å². The summed E-state index contributed by atoms with van der Waals surface area (Å²) in [4.78, 5) is 24.7. The zero-order valence-electron chi connectivity index (χ0n) is 59.9. The highest BCUT2D eigenvalue weighted by Crippen LogP contribution is 2.19. The number of aliphatic hydroxyl groups excluding tert-OH is 2. The summed E-state index contributed by atoms with van der Waals surface area (Å²) in [5, 5.41) is 23.3. The number of amides is 1. The maximum absolute atomic E-state index is 12.6. The Morgan fingerprint density at radius 3 is 0.865 bits per heavy atom. The fourth-order valence-electron chi connectivity index (χ4n) is 12.4. The summed E-state index contributed by atoms with van der Waals surface area (Å²) >= 11 is 0. The molecule has 0 aliphatic rings. The lowest BCUT2D eigenvalue weighted by molar-refractivity contribution is -0.143. The van der Waals surface area contributed by atoms with Gasteiger partial charge in [-0.25, -0.2) is 0 Å². The Morgan fingerprint density at radius 2 is 0.562 bits per heavy atom. The summed E-state index contributed by atoms with van der Waals surface area (Å²) in [5.74, 6) is -0.0575. The molecule has 2 atom stereocenters. The second-order valence-corrected chi connectivity index (χ2v) is 27.4. The smallest absolute Gasteiger partial charge is 0.305 e. The third kappa shape index (κ3) is 74.5. The zero-order valence-corrected chi connectivity index (χ0v) is 59.9. The van der Waals surface area contributed by atoms with Crippen molar-refractivity contribution in [2.45, 2.75) is 443 Å². The Kier molecular flexibility index (Phi) is 75.9. The van der Waals surface area contributed by atoms with Crippen molar-refractivity contribution in [3.8, 4) is 0 Å². The molecule has 0 spiro atoms. The van der Waals surface area contributed by atoms with Gasteiger partial charge in [0.25, 0.3) is 0 Å². The lowest BCUT2D eigenvalue weighted by Gasteiger charge is -2.20. The maximum Gasteiger partial charge on any atom is 0.305 e. The highest BCUT2D eigenvalue weighted by Gasteiger charge is 2.18. The van der Waals surface area contributed by atoms with Crippen LogP contribution in [0.3, 0.4) is 0 Å². The summed E-state index contributed by atoms with van der Waals surface area (Å²) in [6.07, 6.45) is 105. The average molecular weight is 1250 g/mol. The van der Waals surface area contributed by atoms with Crippen molar-refractivity contribution in [1.29, 1.82) is 0 Å². The molecular formula is C83H155NO5. The Hall–Kier alpha value is -2.44. The molecule has 0 aliphatic carbocycles. The molecule has 0 aromatic rings. The van der Waals surface area contributed by atoms with Crippen LogP contribution in [0.2, 0.25) is 0 Å². The van der Waals surface area contributed by atoms with Crippen molar-refractivity contribution in [3.05, 3.63) is 60.8 Å². The van der Waals surface area contributed by atoms with Crippen LogP contribution in [0.5, 0.6) is 0 Å². The number of carbonyl (C=O) groups excluding carboxylic acids is 2. The van der Waals surface area contributed by atoms with Crippen LogP contribution in [-0.2, 0) is 14.3 Å². The van der Waals surface area contributed by atoms with Gasteiger partial charge >= 0.3 is 5.97 Å². The molecule has 0 aromatic heterocycles. The third-order valence-electron chi connectivity index (χ3n) is 18.5. The normalized spacial score (nSPS) is 12.8. The number of hydrogen-bond acceptors (Lipinski definition) is 5. The van der Waals surface area contributed by atoms with Gasteiger partial charge in [-0.15, -0.1) is 0 Å². The van der Waals surface area contributed by atoms with E-state index in [0.29, 0.717) is 19.4 Å². The lowest BCUT2D eigenvalue weighted by atomic mass is 10.0. The SMILES string of the molecule is CCCCCC/C=C\C/C=C\CCCCCCCCCC(=O)OCCCCCCCCCCC/C=C\C/C=C\CCCCCCCCCCCCCCCCCC(=O)NC(CO)C(O)/C=C/CCCCCCCCCCCCCCCCCCCCCCC. The van der Waals surface area contributed by atoms with E-state index in [2.05, 4.69) is 67.8 Å². The van der Waals surface area contributed by atoms with Crippen LogP contribution in [0, 0.1) is 0 Å². The number of nitrogens with one attached hydrogen (secondary N) is 1. The predicted octanol–water partition coefficient (Wildman–Crippen LogP) is 26.5. The first kappa shape index (κ1) is 86.6. The molecule has 1 amide bonds. The van der Waals surface area contributed by atoms with Crippen molar-refractivity contribution in [3.63, 3.8) is 0 Å². The summed E-state index contributed by atoms with van der Waals surface area (Å²) in [6.45, 7) is 4.92. The Labute approximate surface area is 556 Å². The molecule has 0 heterocycles. The van der Waals surface area contributed by atoms with Gasteiger partial charge in [-0.1, -0.05) is 383 Å². The minimum atomic E-state index is -0.847. The van der Waals surface area contributed by atoms with E-state index in [0.717, 1.165) is 57.8 Å². The molecule has 6 heteroatoms. The number of rotatable bonds is 75. The highest BCUT2D eigenvalue weighted by molar-refractivity contribution is 5.76. The largest absolute Gasteiger partial charge is 0.466 e. The van der Waals surface area contributed by atoms with Crippen LogP contribution in [0.4, 0.5) is 0 Å². The molecule has 2 unspecified atom stereocenters. The molecule has 3 N–H and O–H groups in total. The first-order valence-electron chi connectivity index (χ1n) is 40.1. The molecular weight excluding hydrogens is 1090 g/mol. The number of unbranched alkanes of at least 4 members (excludes halogenated alkanes) is 56. The first-order chi connectivity index (χ1) is 44.0. The molecule has 0 radical (unpaired) electrons. The van der Waals surface area contributed by atoms with Gasteiger partial charge in [-0.05, 0) is 96.3 Å². The van der Waals surface area contributed by atoms with Crippen LogP contribution in [-0.4, -0.2) is 47.4 Å². The van der Waals surface area contributed by atoms with Gasteiger partial charge in [0, 0.05) is 12.8 Å². The second kappa shape index (κ2) is 78.0. The zero-order chi connectivity index (χ0) is 64.2. The molecule has 89 heavy (non-hydrogen) atoms. The van der Waals surface area contributed by atoms with Gasteiger partial charge in [0.05, 0.1) is 25.4 Å². The monoisotopic (exact) mass is 1250 g/mol. The minimum absolute atomic E-state index is 0.00585. The topological polar surface area (TPSA) is 95.9 Å². The number of esters is 1. The molecule has 0 saturated heterocycles. The van der Waals surface area contributed by atoms with Crippen molar-refractivity contribution in [1.82, 2.24) is 5.32 Å². The predicted molar refractivity (Wildman–Crippen MR) is 393 cm³/mol. The molecule has 0 fully saturated rings. The Balaban J connectivity index is 3.42. The van der Waals surface area contributed by atoms with Crippen LogP contribution >= 0.6 is 0 Å². The Morgan fingerprint density at radius 1 is 0.315 bits per heavy atom. The lowest BCUT2D eigenvalue weighted by Crippen LogP contribution is -2.45. The van der Waals surface area contributed by atoms with Crippen molar-refractivity contribution in [2.24, 2.45) is 0 Å². The van der Waals surface area contributed by atoms with Crippen LogP contribution < -0.4 is 5.32 Å². The fraction of sp³-hybridized carbons (Fsp3) is 0.855. The summed E-state index contributed by atoms with van der Waals surface area (Å²) in [5.41, 5.74) is 0. The van der Waals surface area contributed by atoms with E-state index < -0.39 is 12.1 Å². The Bertz CT molecular complexity index is 1530. The standard InChI is InChI=1S/C83H155NO5/c1-3-5-7-9-11-13-15-17-19-21-23-24-34-37-40-43-47-51-55-59-63-67-71-75-81(86)80(79-85)84-82(87)76-72-68-64-60-56-52-48-44-41-38-35-32-30-28-26-25-27-29-31-33-36-39-42-46-50-54-58-62-66-70-74-78-89-83(88)77-73-69-65-61-57-53-49-45-22-20-18-16-14-12-10-8-6-4-2/h14,16,20,22,27,29,33,36,71,75,80-81,85-86H,3-13,15,17-19,21,23-26,28,30-32,34-35,37-70,72-74,76-79H2,1-2H3,(H,84,87)/b16-14-,22-20-,29-27-,36-33-,75-71+. The second-order valence-electron chi connectivity index (χ2n) is 27.4. The minimum Gasteiger partial charge on any atom is -0.466 e. The van der Waals surface area contributed by atoms with Gasteiger partial charge in [0.1, 0.15) is 0 Å². The van der Waals surface area contributed by atoms with Gasteiger partial charge in [-0.3, -0.25) is 9.59 Å². The van der Waals surface area contributed by atoms with Crippen LogP contribution in [0.25, 0.3) is 0 Å². The highest BCUT2D eigenvalue weighted by atomic mass is 16.5. The number of carbonyl (C=O) groups is 2. The first-order valence-corrected chi connectivity index (χ1v) is 40.1. The van der Waals surface area contributed by atoms with Crippen molar-refractivity contribution in [2.75, 3.05) is 13.2 Å². The molecule has 0 bridgehead atoms. The van der Waals surface area contributed by atoms with E-state index in [1.807, 2.05) is 6.08 Å². The number of ether oxygens (including phenoxy) is 1. The van der Waals surface area contributed by atoms with E-state index >= 15 is 0 Å². The summed E-state index contributed by atoms with van der Waals surface area (Å²) < 4.78 is 5.50. The van der Waals surface area contributed by atoms with Gasteiger partial charge in [-0.2, -0.15) is 0 Å². The van der Waals surface area contributed by atoms with Crippen molar-refractivity contribution >= 4 is 11.9 Å². The maximum atomic E-state index is 12.6. The molecule has 0 aromatic carbocycles. The van der Waals surface area contributed by atoms with E-state index in [1.54, 1.807) is 6.08 Å². The molecule has 0 rings (SSSR count). The van der Waals surface area contributed by atoms with E-state index in [-0.39, 0.29) is 18.5 Å². The number of hydrogen-bond donors (Lipinski definition) is 3. The van der Waals surface area contributed by atoms with Gasteiger partial charge in [0.15, 0.2) is 0 Å². The summed E-state index contributed by atoms with van der Waals surface area (Å²) in [7, 11) is 0. The van der Waals surface area contributed by atoms with Crippen LogP contribution in [0.1, 0.15) is 431 Å². The molecule has 0 aliphatic heterocycles. The van der Waals surface area contributed by atoms with E-state index in [1.165, 1.54) is 347 Å². The molecule has 522 valence electrons. The van der Waals surface area contributed by atoms with E-state index in [4.69, 9.17) is 4.74 Å².